The Morgan fingerprint density at radius 1 is 1.25 bits per heavy atom. The van der Waals surface area contributed by atoms with Gasteiger partial charge in [-0.1, -0.05) is 0 Å². The maximum absolute atomic E-state index is 12.6. The number of H-pyrrole nitrogens is 1. The van der Waals surface area contributed by atoms with Crippen molar-refractivity contribution < 1.29 is 14.4 Å². The van der Waals surface area contributed by atoms with Crippen LogP contribution in [0.15, 0.2) is 23.0 Å². The molecule has 0 radical (unpaired) electrons. The van der Waals surface area contributed by atoms with Crippen LogP contribution in [0.1, 0.15) is 25.8 Å². The molecule has 1 aromatic carbocycles. The molecule has 28 heavy (non-hydrogen) atoms. The van der Waals surface area contributed by atoms with Gasteiger partial charge in [-0.05, 0) is 38.2 Å². The molecule has 1 aromatic heterocycles. The molecule has 0 saturated carbocycles. The molecule has 0 aliphatic carbocycles. The average Bonchev–Trinajstić information content (AvgIpc) is 3.15. The van der Waals surface area contributed by atoms with E-state index in [9.17, 15) is 4.79 Å². The van der Waals surface area contributed by atoms with Crippen molar-refractivity contribution >= 4 is 28.2 Å². The maximum atomic E-state index is 12.6. The van der Waals surface area contributed by atoms with Crippen LogP contribution in [0.5, 0.6) is 11.5 Å². The van der Waals surface area contributed by atoms with E-state index in [1.807, 2.05) is 25.2 Å². The molecule has 3 rings (SSSR count). The summed E-state index contributed by atoms with van der Waals surface area (Å²) in [5.74, 6) is 1.36. The van der Waals surface area contributed by atoms with Crippen molar-refractivity contribution in [3.63, 3.8) is 0 Å². The van der Waals surface area contributed by atoms with Crippen molar-refractivity contribution in [2.24, 2.45) is 0 Å². The molecule has 152 valence electrons. The summed E-state index contributed by atoms with van der Waals surface area (Å²) in [6.45, 7) is 9.22. The lowest BCUT2D eigenvalue weighted by Crippen LogP contribution is -3.11. The zero-order valence-corrected chi connectivity index (χ0v) is 17.6. The Morgan fingerprint density at radius 3 is 2.64 bits per heavy atom. The van der Waals surface area contributed by atoms with E-state index in [4.69, 9.17) is 21.7 Å². The number of hydrogen-bond acceptors (Lipinski definition) is 4. The van der Waals surface area contributed by atoms with Gasteiger partial charge in [0, 0.05) is 37.0 Å². The van der Waals surface area contributed by atoms with Gasteiger partial charge in [0.05, 0.1) is 31.7 Å². The summed E-state index contributed by atoms with van der Waals surface area (Å²) in [5, 5.41) is 4.61. The third-order valence-electron chi connectivity index (χ3n) is 5.23. The normalized spacial score (nSPS) is 12.6. The van der Waals surface area contributed by atoms with Gasteiger partial charge in [0.25, 0.3) is 5.56 Å². The molecule has 8 heteroatoms. The lowest BCUT2D eigenvalue weighted by molar-refractivity contribution is -0.896. The third kappa shape index (κ3) is 4.56. The quantitative estimate of drug-likeness (QED) is 0.567. The van der Waals surface area contributed by atoms with Crippen LogP contribution in [0.2, 0.25) is 0 Å². The van der Waals surface area contributed by atoms with Gasteiger partial charge in [0.1, 0.15) is 0 Å². The Balaban J connectivity index is 1.78. The molecule has 0 unspecified atom stereocenters. The Labute approximate surface area is 170 Å². The van der Waals surface area contributed by atoms with Gasteiger partial charge >= 0.3 is 0 Å². The number of aromatic nitrogens is 1. The smallest absolute Gasteiger partial charge is 0.253 e. The molecule has 0 bridgehead atoms. The van der Waals surface area contributed by atoms with Crippen molar-refractivity contribution in [2.45, 2.75) is 26.8 Å². The van der Waals surface area contributed by atoms with Gasteiger partial charge in [-0.3, -0.25) is 4.79 Å². The highest BCUT2D eigenvalue weighted by molar-refractivity contribution is 7.80. The van der Waals surface area contributed by atoms with Gasteiger partial charge < -0.3 is 29.6 Å². The number of aromatic amines is 1. The van der Waals surface area contributed by atoms with Crippen LogP contribution in [0.25, 0.3) is 10.9 Å². The molecule has 0 atom stereocenters. The summed E-state index contributed by atoms with van der Waals surface area (Å²) in [4.78, 5) is 19.2. The summed E-state index contributed by atoms with van der Waals surface area (Å²) < 4.78 is 10.8. The molecule has 1 aliphatic heterocycles. The monoisotopic (exact) mass is 405 g/mol. The first-order valence-electron chi connectivity index (χ1n) is 9.81. The predicted octanol–water partition coefficient (Wildman–Crippen LogP) is 0.878. The Kier molecular flexibility index (Phi) is 6.74. The van der Waals surface area contributed by atoms with Crippen molar-refractivity contribution in [1.29, 1.82) is 0 Å². The molecular weight excluding hydrogens is 376 g/mol. The molecule has 1 aliphatic rings. The second-order valence-electron chi connectivity index (χ2n) is 6.95. The molecule has 2 heterocycles. The van der Waals surface area contributed by atoms with Crippen molar-refractivity contribution in [2.75, 3.05) is 40.0 Å². The van der Waals surface area contributed by atoms with Crippen molar-refractivity contribution in [1.82, 2.24) is 15.2 Å². The van der Waals surface area contributed by atoms with E-state index in [0.717, 1.165) is 43.5 Å². The molecule has 0 amide bonds. The molecule has 0 fully saturated rings. The highest BCUT2D eigenvalue weighted by Crippen LogP contribution is 2.35. The van der Waals surface area contributed by atoms with Gasteiger partial charge in [0.2, 0.25) is 6.79 Å². The first-order valence-corrected chi connectivity index (χ1v) is 10.2. The number of nitrogens with one attached hydrogen (secondary N) is 3. The Hall–Kier alpha value is -2.32. The number of fused-ring (bicyclic) bond motifs is 2. The van der Waals surface area contributed by atoms with Crippen LogP contribution < -0.4 is 25.2 Å². The van der Waals surface area contributed by atoms with Gasteiger partial charge in [0.15, 0.2) is 16.6 Å². The number of hydrogen-bond donors (Lipinski definition) is 3. The first kappa shape index (κ1) is 20.4. The number of nitrogens with zero attached hydrogens (tertiary/aromatic N) is 1. The van der Waals surface area contributed by atoms with Crippen LogP contribution in [0, 0.1) is 0 Å². The van der Waals surface area contributed by atoms with E-state index in [1.54, 1.807) is 4.90 Å². The van der Waals surface area contributed by atoms with E-state index >= 15 is 0 Å². The van der Waals surface area contributed by atoms with Crippen LogP contribution in [-0.4, -0.2) is 55.0 Å². The topological polar surface area (TPSA) is 71.0 Å². The minimum Gasteiger partial charge on any atom is -0.454 e. The lowest BCUT2D eigenvalue weighted by Gasteiger charge is -2.25. The summed E-state index contributed by atoms with van der Waals surface area (Å²) in [6, 6.07) is 5.63. The van der Waals surface area contributed by atoms with Gasteiger partial charge in [-0.15, -0.1) is 0 Å². The fourth-order valence-corrected chi connectivity index (χ4v) is 3.65. The number of benzene rings is 1. The number of pyridine rings is 1. The van der Waals surface area contributed by atoms with Crippen LogP contribution in [0.4, 0.5) is 0 Å². The molecule has 0 saturated heterocycles. The number of rotatable bonds is 8. The van der Waals surface area contributed by atoms with Crippen LogP contribution in [-0.2, 0) is 6.54 Å². The Morgan fingerprint density at radius 2 is 1.96 bits per heavy atom. The summed E-state index contributed by atoms with van der Waals surface area (Å²) in [7, 11) is 1.82. The summed E-state index contributed by atoms with van der Waals surface area (Å²) in [6.07, 6.45) is 1.02. The highest BCUT2D eigenvalue weighted by Gasteiger charge is 2.17. The van der Waals surface area contributed by atoms with Crippen LogP contribution in [0.3, 0.4) is 0 Å². The van der Waals surface area contributed by atoms with Gasteiger partial charge in [-0.25, -0.2) is 0 Å². The number of ether oxygens (including phenoxy) is 2. The zero-order valence-electron chi connectivity index (χ0n) is 16.8. The number of quaternary nitrogens is 1. The van der Waals surface area contributed by atoms with E-state index in [-0.39, 0.29) is 12.4 Å². The average molecular weight is 406 g/mol. The predicted molar refractivity (Wildman–Crippen MR) is 114 cm³/mol. The zero-order chi connectivity index (χ0) is 20.1. The fourth-order valence-electron chi connectivity index (χ4n) is 3.50. The second-order valence-corrected chi connectivity index (χ2v) is 7.34. The largest absolute Gasteiger partial charge is 0.454 e. The van der Waals surface area contributed by atoms with E-state index < -0.39 is 0 Å². The minimum absolute atomic E-state index is 0.107. The second kappa shape index (κ2) is 9.25. The molecular formula is C20H29N4O3S+. The number of thiocarbonyl (C=S) groups is 1. The van der Waals surface area contributed by atoms with Crippen LogP contribution >= 0.6 is 12.2 Å². The summed E-state index contributed by atoms with van der Waals surface area (Å²) >= 11 is 5.47. The lowest BCUT2D eigenvalue weighted by atomic mass is 10.1. The SMILES string of the molecule is CC[NH+](CC)CCCN(Cc1cc2cc3c(cc2[nH]c1=O)OCO3)C(=S)NC. The van der Waals surface area contributed by atoms with E-state index in [1.165, 1.54) is 0 Å². The molecule has 2 aromatic rings. The van der Waals surface area contributed by atoms with E-state index in [0.29, 0.717) is 28.7 Å². The minimum atomic E-state index is -0.107. The maximum Gasteiger partial charge on any atom is 0.253 e. The molecule has 3 N–H and O–H groups in total. The van der Waals surface area contributed by atoms with E-state index in [2.05, 4.69) is 29.0 Å². The standard InChI is InChI=1S/C20H28N4O3S/c1-4-23(5-2)7-6-8-24(20(28)21-3)12-15-9-14-10-17-18(27-13-26-17)11-16(14)22-19(15)25/h9-11H,4-8,12-13H2,1-3H3,(H,21,28)(H,22,25)/p+1. The molecule has 7 nitrogen and oxygen atoms in total. The summed E-state index contributed by atoms with van der Waals surface area (Å²) in [5.41, 5.74) is 1.31. The van der Waals surface area contributed by atoms with Crippen molar-refractivity contribution in [3.05, 3.63) is 34.1 Å². The molecule has 0 spiro atoms. The van der Waals surface area contributed by atoms with Gasteiger partial charge in [-0.2, -0.15) is 0 Å². The highest BCUT2D eigenvalue weighted by atomic mass is 32.1. The van der Waals surface area contributed by atoms with Crippen molar-refractivity contribution in [3.8, 4) is 11.5 Å². The first-order chi connectivity index (χ1) is 13.5. The Bertz CT molecular complexity index is 895. The fraction of sp³-hybridized carbons (Fsp3) is 0.500. The third-order valence-corrected chi connectivity index (χ3v) is 5.70.